The molecule has 1 unspecified atom stereocenters. The summed E-state index contributed by atoms with van der Waals surface area (Å²) < 4.78 is 84.8. The number of carbonyl (C=O) groups excluding carboxylic acids is 1. The Morgan fingerprint density at radius 2 is 1.65 bits per heavy atom. The van der Waals surface area contributed by atoms with Crippen LogP contribution in [-0.2, 0) is 12.4 Å². The summed E-state index contributed by atoms with van der Waals surface area (Å²) in [6, 6.07) is 6.43. The van der Waals surface area contributed by atoms with Crippen LogP contribution >= 0.6 is 15.9 Å². The van der Waals surface area contributed by atoms with Crippen LogP contribution in [-0.4, -0.2) is 27.6 Å². The quantitative estimate of drug-likeness (QED) is 0.361. The Morgan fingerprint density at radius 3 is 2.24 bits per heavy atom. The molecule has 0 bridgehead atoms. The van der Waals surface area contributed by atoms with Crippen molar-refractivity contribution >= 4 is 27.6 Å². The van der Waals surface area contributed by atoms with Crippen LogP contribution in [0.5, 0.6) is 0 Å². The first-order valence-electron chi connectivity index (χ1n) is 9.88. The molecule has 0 radical (unpaired) electrons. The normalized spacial score (nSPS) is 16.7. The maximum absolute atomic E-state index is 13.1. The van der Waals surface area contributed by atoms with Crippen LogP contribution in [0.4, 0.5) is 36.8 Å². The zero-order chi connectivity index (χ0) is 24.7. The van der Waals surface area contributed by atoms with Gasteiger partial charge in [-0.1, -0.05) is 21.1 Å². The second-order valence-corrected chi connectivity index (χ2v) is 8.45. The zero-order valence-corrected chi connectivity index (χ0v) is 18.6. The van der Waals surface area contributed by atoms with Gasteiger partial charge < -0.3 is 14.7 Å². The molecule has 2 amide bonds. The van der Waals surface area contributed by atoms with Gasteiger partial charge >= 0.3 is 18.4 Å². The number of alkyl halides is 6. The highest BCUT2D eigenvalue weighted by molar-refractivity contribution is 9.10. The predicted octanol–water partition coefficient (Wildman–Crippen LogP) is 6.91. The van der Waals surface area contributed by atoms with Crippen molar-refractivity contribution in [3.8, 4) is 11.4 Å². The van der Waals surface area contributed by atoms with Gasteiger partial charge in [0.25, 0.3) is 0 Å². The molecular formula is C21H15BrF6N4O2. The van der Waals surface area contributed by atoms with Crippen molar-refractivity contribution in [3.63, 3.8) is 0 Å². The molecule has 180 valence electrons. The summed E-state index contributed by atoms with van der Waals surface area (Å²) in [6.07, 6.45) is -9.08. The van der Waals surface area contributed by atoms with Gasteiger partial charge in [0.2, 0.25) is 11.7 Å². The van der Waals surface area contributed by atoms with Gasteiger partial charge in [0.1, 0.15) is 6.04 Å². The molecule has 3 aromatic rings. The van der Waals surface area contributed by atoms with E-state index < -0.39 is 41.2 Å². The first-order chi connectivity index (χ1) is 15.9. The molecule has 1 N–H and O–H groups in total. The topological polar surface area (TPSA) is 71.3 Å². The summed E-state index contributed by atoms with van der Waals surface area (Å²) in [5, 5.41) is 6.05. The smallest absolute Gasteiger partial charge is 0.337 e. The van der Waals surface area contributed by atoms with Crippen LogP contribution in [0.2, 0.25) is 0 Å². The second kappa shape index (κ2) is 8.93. The van der Waals surface area contributed by atoms with Crippen molar-refractivity contribution in [2.24, 2.45) is 0 Å². The molecule has 1 aromatic heterocycles. The van der Waals surface area contributed by atoms with Crippen molar-refractivity contribution in [2.75, 3.05) is 11.9 Å². The summed E-state index contributed by atoms with van der Waals surface area (Å²) in [7, 11) is 0. The third kappa shape index (κ3) is 5.18. The van der Waals surface area contributed by atoms with Gasteiger partial charge in [-0.3, -0.25) is 0 Å². The molecule has 1 aliphatic rings. The highest BCUT2D eigenvalue weighted by Crippen LogP contribution is 2.38. The van der Waals surface area contributed by atoms with Crippen LogP contribution < -0.4 is 5.32 Å². The number of halogens is 7. The lowest BCUT2D eigenvalue weighted by Crippen LogP contribution is -2.34. The molecule has 0 spiro atoms. The highest BCUT2D eigenvalue weighted by Gasteiger charge is 2.38. The fourth-order valence-electron chi connectivity index (χ4n) is 3.58. The van der Waals surface area contributed by atoms with Gasteiger partial charge in [0.15, 0.2) is 0 Å². The fraction of sp³-hybridized carbons (Fsp3) is 0.286. The van der Waals surface area contributed by atoms with E-state index in [0.29, 0.717) is 30.5 Å². The molecule has 1 atom stereocenters. The van der Waals surface area contributed by atoms with Crippen LogP contribution in [0.25, 0.3) is 11.4 Å². The number of hydrogen-bond donors (Lipinski definition) is 1. The van der Waals surface area contributed by atoms with Gasteiger partial charge in [-0.2, -0.15) is 31.3 Å². The van der Waals surface area contributed by atoms with E-state index >= 15 is 0 Å². The molecule has 2 aromatic carbocycles. The number of anilines is 1. The third-order valence-corrected chi connectivity index (χ3v) is 5.71. The number of rotatable bonds is 3. The molecular weight excluding hydrogens is 534 g/mol. The van der Waals surface area contributed by atoms with Gasteiger partial charge in [0.05, 0.1) is 11.1 Å². The number of urea groups is 1. The molecule has 2 heterocycles. The van der Waals surface area contributed by atoms with Gasteiger partial charge in [-0.25, -0.2) is 4.79 Å². The van der Waals surface area contributed by atoms with Gasteiger partial charge in [0, 0.05) is 22.3 Å². The van der Waals surface area contributed by atoms with Crippen molar-refractivity contribution in [1.82, 2.24) is 15.0 Å². The van der Waals surface area contributed by atoms with E-state index in [1.807, 2.05) is 0 Å². The van der Waals surface area contributed by atoms with Crippen LogP contribution in [0.1, 0.15) is 35.9 Å². The van der Waals surface area contributed by atoms with Crippen LogP contribution in [0.15, 0.2) is 51.5 Å². The van der Waals surface area contributed by atoms with E-state index in [2.05, 4.69) is 31.4 Å². The number of carbonyl (C=O) groups is 1. The highest BCUT2D eigenvalue weighted by atomic mass is 79.9. The van der Waals surface area contributed by atoms with Gasteiger partial charge in [-0.05, 0) is 55.3 Å². The summed E-state index contributed by atoms with van der Waals surface area (Å²) in [5.41, 5.74) is -3.01. The number of aromatic nitrogens is 2. The molecule has 1 saturated heterocycles. The predicted molar refractivity (Wildman–Crippen MR) is 112 cm³/mol. The molecule has 6 nitrogen and oxygen atoms in total. The van der Waals surface area contributed by atoms with E-state index in [4.69, 9.17) is 4.52 Å². The third-order valence-electron chi connectivity index (χ3n) is 5.18. The molecule has 13 heteroatoms. The molecule has 0 aliphatic carbocycles. The Kier molecular flexibility index (Phi) is 6.32. The second-order valence-electron chi connectivity index (χ2n) is 7.54. The molecule has 34 heavy (non-hydrogen) atoms. The minimum atomic E-state index is -5.02. The summed E-state index contributed by atoms with van der Waals surface area (Å²) >= 11 is 3.32. The molecule has 1 aliphatic heterocycles. The number of nitrogens with one attached hydrogen (secondary N) is 1. The molecule has 1 fully saturated rings. The first kappa shape index (κ1) is 24.0. The van der Waals surface area contributed by atoms with E-state index in [0.717, 1.165) is 4.47 Å². The Hall–Kier alpha value is -3.09. The number of nitrogens with zero attached hydrogens (tertiary/aromatic N) is 3. The maximum Gasteiger partial charge on any atom is 0.416 e. The average molecular weight is 549 g/mol. The van der Waals surface area contributed by atoms with Crippen LogP contribution in [0.3, 0.4) is 0 Å². The molecule has 0 saturated carbocycles. The number of likely N-dealkylation sites (tertiary alicyclic amines) is 1. The Labute approximate surface area is 197 Å². The molecule has 4 rings (SSSR count). The number of benzene rings is 2. The fourth-order valence-corrected chi connectivity index (χ4v) is 3.84. The zero-order valence-electron chi connectivity index (χ0n) is 17.0. The Balaban J connectivity index is 1.56. The standard InChI is InChI=1S/C21H15BrF6N4O2/c22-14-5-3-11(4-6-14)17-30-18(34-31-17)16-2-1-7-32(16)19(33)29-15-9-12(20(23,24)25)8-13(10-15)21(26,27)28/h3-6,8-10,16H,1-2,7H2,(H,29,33). The van der Waals surface area contributed by atoms with E-state index in [9.17, 15) is 31.1 Å². The van der Waals surface area contributed by atoms with E-state index in [1.54, 1.807) is 24.3 Å². The lowest BCUT2D eigenvalue weighted by atomic mass is 10.1. The lowest BCUT2D eigenvalue weighted by molar-refractivity contribution is -0.143. The van der Waals surface area contributed by atoms with Gasteiger partial charge in [-0.15, -0.1) is 0 Å². The van der Waals surface area contributed by atoms with Crippen molar-refractivity contribution in [2.45, 2.75) is 31.2 Å². The monoisotopic (exact) mass is 548 g/mol. The number of amides is 2. The SMILES string of the molecule is O=C(Nc1cc(C(F)(F)F)cc(C(F)(F)F)c1)N1CCCC1c1nc(-c2ccc(Br)cc2)no1. The number of hydrogen-bond acceptors (Lipinski definition) is 4. The van der Waals surface area contributed by atoms with Crippen molar-refractivity contribution in [3.05, 3.63) is 64.0 Å². The lowest BCUT2D eigenvalue weighted by Gasteiger charge is -2.23. The largest absolute Gasteiger partial charge is 0.416 e. The summed E-state index contributed by atoms with van der Waals surface area (Å²) in [6.45, 7) is 0.206. The van der Waals surface area contributed by atoms with Crippen molar-refractivity contribution in [1.29, 1.82) is 0 Å². The Bertz CT molecular complexity index is 1160. The summed E-state index contributed by atoms with van der Waals surface area (Å²) in [4.78, 5) is 18.3. The van der Waals surface area contributed by atoms with Crippen LogP contribution in [0, 0.1) is 0 Å². The van der Waals surface area contributed by atoms with E-state index in [-0.39, 0.29) is 24.3 Å². The first-order valence-corrected chi connectivity index (χ1v) is 10.7. The van der Waals surface area contributed by atoms with E-state index in [1.165, 1.54) is 4.90 Å². The maximum atomic E-state index is 13.1. The average Bonchev–Trinajstić information content (AvgIpc) is 3.42. The summed E-state index contributed by atoms with van der Waals surface area (Å²) in [5.74, 6) is 0.396. The minimum absolute atomic E-state index is 0.00357. The minimum Gasteiger partial charge on any atom is -0.337 e. The Morgan fingerprint density at radius 1 is 1.03 bits per heavy atom. The van der Waals surface area contributed by atoms with Crippen molar-refractivity contribution < 1.29 is 35.7 Å².